The summed E-state index contributed by atoms with van der Waals surface area (Å²) in [5.41, 5.74) is 7.68. The lowest BCUT2D eigenvalue weighted by atomic mass is 10.2. The Morgan fingerprint density at radius 1 is 1.60 bits per heavy atom. The first-order chi connectivity index (χ1) is 7.13. The second-order valence-electron chi connectivity index (χ2n) is 3.66. The zero-order valence-corrected chi connectivity index (χ0v) is 10.4. The molecule has 0 spiro atoms. The van der Waals surface area contributed by atoms with Crippen molar-refractivity contribution in [3.05, 3.63) is 17.8 Å². The van der Waals surface area contributed by atoms with Crippen molar-refractivity contribution >= 4 is 23.3 Å². The molecule has 0 bridgehead atoms. The van der Waals surface area contributed by atoms with Crippen LogP contribution in [0.1, 0.15) is 19.4 Å². The number of nitrogens with two attached hydrogens (primary N) is 1. The van der Waals surface area contributed by atoms with Gasteiger partial charge in [0, 0.05) is 18.0 Å². The number of aromatic nitrogens is 1. The molecule has 0 radical (unpaired) electrons. The lowest BCUT2D eigenvalue weighted by molar-refractivity contribution is 0.902. The molecular formula is C11H19N3S. The molecule has 0 aliphatic rings. The van der Waals surface area contributed by atoms with Gasteiger partial charge in [-0.05, 0) is 31.2 Å². The molecule has 84 valence electrons. The predicted molar refractivity (Wildman–Crippen MR) is 69.5 cm³/mol. The molecule has 4 heteroatoms. The van der Waals surface area contributed by atoms with Crippen molar-refractivity contribution in [1.82, 2.24) is 4.98 Å². The number of nitrogens with zero attached hydrogens (tertiary/aromatic N) is 1. The van der Waals surface area contributed by atoms with Gasteiger partial charge in [-0.1, -0.05) is 6.92 Å². The minimum atomic E-state index is 0.396. The second-order valence-corrected chi connectivity index (χ2v) is 4.97. The van der Waals surface area contributed by atoms with Gasteiger partial charge in [-0.25, -0.2) is 4.98 Å². The third-order valence-electron chi connectivity index (χ3n) is 2.01. The molecule has 1 aromatic heterocycles. The smallest absolute Gasteiger partial charge is 0.149 e. The van der Waals surface area contributed by atoms with Crippen LogP contribution in [0.2, 0.25) is 0 Å². The number of hydrogen-bond acceptors (Lipinski definition) is 4. The maximum absolute atomic E-state index is 5.87. The average Bonchev–Trinajstić information content (AvgIpc) is 2.19. The van der Waals surface area contributed by atoms with Gasteiger partial charge in [0.1, 0.15) is 5.82 Å². The molecule has 1 atom stereocenters. The fraction of sp³-hybridized carbons (Fsp3) is 0.545. The first-order valence-electron chi connectivity index (χ1n) is 5.20. The number of thioether (sulfide) groups is 1. The van der Waals surface area contributed by atoms with Crippen molar-refractivity contribution in [2.45, 2.75) is 26.8 Å². The summed E-state index contributed by atoms with van der Waals surface area (Å²) >= 11 is 1.91. The summed E-state index contributed by atoms with van der Waals surface area (Å²) in [6, 6.07) is 2.34. The summed E-state index contributed by atoms with van der Waals surface area (Å²) < 4.78 is 0. The highest BCUT2D eigenvalue weighted by atomic mass is 32.2. The molecule has 1 heterocycles. The number of nitrogen functional groups attached to an aromatic ring is 1. The van der Waals surface area contributed by atoms with Gasteiger partial charge >= 0.3 is 0 Å². The van der Waals surface area contributed by atoms with E-state index in [0.29, 0.717) is 6.04 Å². The van der Waals surface area contributed by atoms with Gasteiger partial charge in [-0.3, -0.25) is 0 Å². The van der Waals surface area contributed by atoms with Crippen LogP contribution in [0.5, 0.6) is 0 Å². The number of rotatable bonds is 5. The zero-order valence-electron chi connectivity index (χ0n) is 9.58. The Balaban J connectivity index is 2.56. The highest BCUT2D eigenvalue weighted by molar-refractivity contribution is 7.99. The molecule has 3 N–H and O–H groups in total. The van der Waals surface area contributed by atoms with E-state index in [1.54, 1.807) is 0 Å². The van der Waals surface area contributed by atoms with E-state index in [-0.39, 0.29) is 0 Å². The summed E-state index contributed by atoms with van der Waals surface area (Å²) in [5.74, 6) is 3.01. The van der Waals surface area contributed by atoms with Crippen molar-refractivity contribution in [2.24, 2.45) is 0 Å². The van der Waals surface area contributed by atoms with Crippen LogP contribution in [-0.4, -0.2) is 22.5 Å². The van der Waals surface area contributed by atoms with Gasteiger partial charge in [0.05, 0.1) is 5.69 Å². The summed E-state index contributed by atoms with van der Waals surface area (Å²) in [6.45, 7) is 6.29. The number of pyridine rings is 1. The molecule has 0 saturated heterocycles. The summed E-state index contributed by atoms with van der Waals surface area (Å²) in [5, 5.41) is 3.32. The first-order valence-corrected chi connectivity index (χ1v) is 6.35. The number of aryl methyl sites for hydroxylation is 1. The highest BCUT2D eigenvalue weighted by Gasteiger charge is 2.05. The molecule has 15 heavy (non-hydrogen) atoms. The van der Waals surface area contributed by atoms with Crippen LogP contribution in [0.3, 0.4) is 0 Å². The molecule has 0 aliphatic carbocycles. The largest absolute Gasteiger partial charge is 0.396 e. The Bertz CT molecular complexity index is 315. The molecule has 0 amide bonds. The molecule has 1 aromatic rings. The topological polar surface area (TPSA) is 50.9 Å². The van der Waals surface area contributed by atoms with Gasteiger partial charge < -0.3 is 11.1 Å². The van der Waals surface area contributed by atoms with E-state index in [0.717, 1.165) is 28.6 Å². The van der Waals surface area contributed by atoms with Crippen molar-refractivity contribution < 1.29 is 0 Å². The van der Waals surface area contributed by atoms with E-state index in [2.05, 4.69) is 24.1 Å². The maximum atomic E-state index is 5.87. The van der Waals surface area contributed by atoms with Crippen LogP contribution >= 0.6 is 11.8 Å². The third-order valence-corrected chi connectivity index (χ3v) is 3.15. The van der Waals surface area contributed by atoms with Crippen LogP contribution in [-0.2, 0) is 0 Å². The SMILES string of the molecule is CCSCC(C)Nc1ncc(C)cc1N. The van der Waals surface area contributed by atoms with E-state index in [9.17, 15) is 0 Å². The molecule has 1 rings (SSSR count). The van der Waals surface area contributed by atoms with E-state index >= 15 is 0 Å². The van der Waals surface area contributed by atoms with Gasteiger partial charge in [0.15, 0.2) is 0 Å². The Morgan fingerprint density at radius 3 is 2.93 bits per heavy atom. The van der Waals surface area contributed by atoms with Gasteiger partial charge in [0.2, 0.25) is 0 Å². The van der Waals surface area contributed by atoms with E-state index < -0.39 is 0 Å². The van der Waals surface area contributed by atoms with Crippen LogP contribution in [0.4, 0.5) is 11.5 Å². The Kier molecular flexibility index (Phi) is 4.75. The van der Waals surface area contributed by atoms with Crippen LogP contribution in [0, 0.1) is 6.92 Å². The lowest BCUT2D eigenvalue weighted by Gasteiger charge is -2.15. The van der Waals surface area contributed by atoms with E-state index in [1.807, 2.05) is 30.9 Å². The van der Waals surface area contributed by atoms with Gasteiger partial charge in [0.25, 0.3) is 0 Å². The summed E-state index contributed by atoms with van der Waals surface area (Å²) in [7, 11) is 0. The molecule has 0 fully saturated rings. The lowest BCUT2D eigenvalue weighted by Crippen LogP contribution is -2.19. The minimum absolute atomic E-state index is 0.396. The van der Waals surface area contributed by atoms with Crippen molar-refractivity contribution in [2.75, 3.05) is 22.6 Å². The van der Waals surface area contributed by atoms with Gasteiger partial charge in [-0.15, -0.1) is 0 Å². The van der Waals surface area contributed by atoms with E-state index in [4.69, 9.17) is 5.73 Å². The summed E-state index contributed by atoms with van der Waals surface area (Å²) in [4.78, 5) is 4.28. The van der Waals surface area contributed by atoms with Gasteiger partial charge in [-0.2, -0.15) is 11.8 Å². The molecule has 0 aromatic carbocycles. The Morgan fingerprint density at radius 2 is 2.33 bits per heavy atom. The standard InChI is InChI=1S/C11H19N3S/c1-4-15-7-9(3)14-11-10(12)5-8(2)6-13-11/h5-6,9H,4,7,12H2,1-3H3,(H,13,14). The van der Waals surface area contributed by atoms with Crippen LogP contribution in [0.25, 0.3) is 0 Å². The Labute approximate surface area is 95.9 Å². The number of anilines is 2. The fourth-order valence-corrected chi connectivity index (χ4v) is 1.95. The summed E-state index contributed by atoms with van der Waals surface area (Å²) in [6.07, 6.45) is 1.83. The molecule has 0 aliphatic heterocycles. The minimum Gasteiger partial charge on any atom is -0.396 e. The van der Waals surface area contributed by atoms with Crippen molar-refractivity contribution in [1.29, 1.82) is 0 Å². The highest BCUT2D eigenvalue weighted by Crippen LogP contribution is 2.17. The molecular weight excluding hydrogens is 206 g/mol. The quantitative estimate of drug-likeness (QED) is 0.808. The van der Waals surface area contributed by atoms with Crippen LogP contribution < -0.4 is 11.1 Å². The second kappa shape index (κ2) is 5.85. The zero-order chi connectivity index (χ0) is 11.3. The number of hydrogen-bond donors (Lipinski definition) is 2. The third kappa shape index (κ3) is 4.00. The normalized spacial score (nSPS) is 12.5. The average molecular weight is 225 g/mol. The van der Waals surface area contributed by atoms with E-state index in [1.165, 1.54) is 0 Å². The molecule has 0 saturated carbocycles. The fourth-order valence-electron chi connectivity index (χ4n) is 1.28. The van der Waals surface area contributed by atoms with Crippen molar-refractivity contribution in [3.63, 3.8) is 0 Å². The monoisotopic (exact) mass is 225 g/mol. The van der Waals surface area contributed by atoms with Crippen molar-refractivity contribution in [3.8, 4) is 0 Å². The Hall–Kier alpha value is -0.900. The van der Waals surface area contributed by atoms with Crippen LogP contribution in [0.15, 0.2) is 12.3 Å². The molecule has 1 unspecified atom stereocenters. The molecule has 3 nitrogen and oxygen atoms in total. The predicted octanol–water partition coefficient (Wildman–Crippen LogP) is 2.53. The first kappa shape index (κ1) is 12.2. The number of nitrogens with one attached hydrogen (secondary N) is 1. The maximum Gasteiger partial charge on any atom is 0.149 e.